The second-order valence-corrected chi connectivity index (χ2v) is 10.3. The van der Waals surface area contributed by atoms with Crippen LogP contribution in [0.15, 0.2) is 88.7 Å². The summed E-state index contributed by atoms with van der Waals surface area (Å²) in [5, 5.41) is 0.627. The van der Waals surface area contributed by atoms with Crippen LogP contribution in [0.5, 0.6) is 0 Å². The lowest BCUT2D eigenvalue weighted by molar-refractivity contribution is 0.594. The Morgan fingerprint density at radius 2 is 1.61 bits per heavy atom. The molecular weight excluding hydrogens is 477 g/mol. The zero-order valence-electron chi connectivity index (χ0n) is 17.1. The standard InChI is InChI=1S/C25H23BrFNO2S/c1-18-7-5-6-10-23(18)28-16-20(15-26)25(19-8-3-2-4-9-19)24(17-28)31(29,30)22-13-11-21(27)12-14-22/h2-14,20H,15-17H2,1H3. The summed E-state index contributed by atoms with van der Waals surface area (Å²) in [6.45, 7) is 2.99. The monoisotopic (exact) mass is 499 g/mol. The average Bonchev–Trinajstić information content (AvgIpc) is 2.79. The van der Waals surface area contributed by atoms with E-state index >= 15 is 0 Å². The number of sulfone groups is 1. The molecule has 0 saturated carbocycles. The third-order valence-corrected chi connectivity index (χ3v) is 8.33. The SMILES string of the molecule is Cc1ccccc1N1CC(S(=O)(=O)c2ccc(F)cc2)=C(c2ccccc2)C(CBr)C1. The Hall–Kier alpha value is -2.44. The van der Waals surface area contributed by atoms with Gasteiger partial charge in [0.25, 0.3) is 0 Å². The Labute approximate surface area is 191 Å². The van der Waals surface area contributed by atoms with E-state index in [4.69, 9.17) is 0 Å². The smallest absolute Gasteiger partial charge is 0.204 e. The van der Waals surface area contributed by atoms with Gasteiger partial charge in [-0.05, 0) is 54.0 Å². The molecule has 3 aromatic carbocycles. The number of nitrogens with zero attached hydrogens (tertiary/aromatic N) is 1. The summed E-state index contributed by atoms with van der Waals surface area (Å²) in [5.41, 5.74) is 3.84. The van der Waals surface area contributed by atoms with Gasteiger partial charge < -0.3 is 4.90 Å². The number of anilines is 1. The van der Waals surface area contributed by atoms with Gasteiger partial charge in [0, 0.05) is 23.5 Å². The van der Waals surface area contributed by atoms with Crippen LogP contribution in [0.2, 0.25) is 0 Å². The molecule has 1 atom stereocenters. The number of benzene rings is 3. The van der Waals surface area contributed by atoms with Crippen molar-refractivity contribution in [3.8, 4) is 0 Å². The molecule has 0 amide bonds. The molecule has 0 radical (unpaired) electrons. The fourth-order valence-corrected chi connectivity index (χ4v) is 6.34. The summed E-state index contributed by atoms with van der Waals surface area (Å²) in [5.74, 6) is -0.485. The van der Waals surface area contributed by atoms with E-state index in [-0.39, 0.29) is 17.4 Å². The molecule has 0 aromatic heterocycles. The van der Waals surface area contributed by atoms with E-state index in [1.54, 1.807) is 0 Å². The van der Waals surface area contributed by atoms with Gasteiger partial charge in [-0.3, -0.25) is 0 Å². The van der Waals surface area contributed by atoms with Gasteiger partial charge in [0.1, 0.15) is 5.82 Å². The van der Waals surface area contributed by atoms with Crippen molar-refractivity contribution in [2.45, 2.75) is 11.8 Å². The molecule has 0 fully saturated rings. The lowest BCUT2D eigenvalue weighted by Gasteiger charge is -2.38. The van der Waals surface area contributed by atoms with E-state index in [0.29, 0.717) is 16.8 Å². The van der Waals surface area contributed by atoms with Crippen molar-refractivity contribution in [1.29, 1.82) is 0 Å². The highest BCUT2D eigenvalue weighted by Gasteiger charge is 2.35. The second-order valence-electron chi connectivity index (χ2n) is 7.68. The van der Waals surface area contributed by atoms with E-state index in [1.165, 1.54) is 24.3 Å². The zero-order valence-corrected chi connectivity index (χ0v) is 19.5. The maximum absolute atomic E-state index is 13.8. The van der Waals surface area contributed by atoms with Gasteiger partial charge in [-0.2, -0.15) is 0 Å². The zero-order chi connectivity index (χ0) is 22.0. The molecule has 160 valence electrons. The Balaban J connectivity index is 1.92. The van der Waals surface area contributed by atoms with E-state index < -0.39 is 15.7 Å². The van der Waals surface area contributed by atoms with Gasteiger partial charge in [0.15, 0.2) is 0 Å². The molecule has 6 heteroatoms. The van der Waals surface area contributed by atoms with E-state index in [9.17, 15) is 12.8 Å². The molecule has 1 unspecified atom stereocenters. The first-order valence-electron chi connectivity index (χ1n) is 10.1. The Morgan fingerprint density at radius 1 is 0.968 bits per heavy atom. The normalized spacial score (nSPS) is 17.1. The van der Waals surface area contributed by atoms with Crippen molar-refractivity contribution in [2.75, 3.05) is 23.3 Å². The summed E-state index contributed by atoms with van der Waals surface area (Å²) in [6, 6.07) is 22.7. The second kappa shape index (κ2) is 8.97. The quantitative estimate of drug-likeness (QED) is 0.326. The summed E-state index contributed by atoms with van der Waals surface area (Å²) < 4.78 is 41.0. The van der Waals surface area contributed by atoms with Crippen LogP contribution >= 0.6 is 15.9 Å². The molecule has 0 bridgehead atoms. The van der Waals surface area contributed by atoms with Crippen LogP contribution in [-0.2, 0) is 9.84 Å². The number of para-hydroxylation sites is 1. The van der Waals surface area contributed by atoms with Crippen LogP contribution in [0.3, 0.4) is 0 Å². The van der Waals surface area contributed by atoms with Gasteiger partial charge >= 0.3 is 0 Å². The van der Waals surface area contributed by atoms with Crippen LogP contribution in [0.1, 0.15) is 11.1 Å². The minimum atomic E-state index is -3.82. The molecule has 3 aromatic rings. The minimum absolute atomic E-state index is 0.0269. The molecular formula is C25H23BrFNO2S. The third-order valence-electron chi connectivity index (χ3n) is 5.66. The van der Waals surface area contributed by atoms with Gasteiger partial charge in [0.2, 0.25) is 9.84 Å². The van der Waals surface area contributed by atoms with Crippen LogP contribution in [0, 0.1) is 18.7 Å². The summed E-state index contributed by atoms with van der Waals surface area (Å²) in [7, 11) is -3.82. The van der Waals surface area contributed by atoms with E-state index in [2.05, 4.69) is 20.8 Å². The van der Waals surface area contributed by atoms with E-state index in [0.717, 1.165) is 22.4 Å². The first-order chi connectivity index (χ1) is 14.9. The maximum atomic E-state index is 13.8. The van der Waals surface area contributed by atoms with Crippen molar-refractivity contribution in [3.05, 3.63) is 101 Å². The summed E-state index contributed by atoms with van der Waals surface area (Å²) in [4.78, 5) is 2.60. The van der Waals surface area contributed by atoms with Crippen molar-refractivity contribution in [2.24, 2.45) is 5.92 Å². The highest BCUT2D eigenvalue weighted by molar-refractivity contribution is 9.09. The molecule has 0 saturated heterocycles. The van der Waals surface area contributed by atoms with Gasteiger partial charge in [0.05, 0.1) is 16.3 Å². The van der Waals surface area contributed by atoms with Crippen molar-refractivity contribution < 1.29 is 12.8 Å². The van der Waals surface area contributed by atoms with Gasteiger partial charge in [-0.25, -0.2) is 12.8 Å². The topological polar surface area (TPSA) is 37.4 Å². The Kier molecular flexibility index (Phi) is 6.30. The third kappa shape index (κ3) is 4.32. The van der Waals surface area contributed by atoms with Crippen molar-refractivity contribution >= 4 is 37.0 Å². The fraction of sp³-hybridized carbons (Fsp3) is 0.200. The molecule has 0 spiro atoms. The van der Waals surface area contributed by atoms with Crippen LogP contribution in [0.4, 0.5) is 10.1 Å². The molecule has 31 heavy (non-hydrogen) atoms. The predicted octanol–water partition coefficient (Wildman–Crippen LogP) is 5.85. The lowest BCUT2D eigenvalue weighted by atomic mass is 9.90. The number of alkyl halides is 1. The maximum Gasteiger partial charge on any atom is 0.204 e. The molecule has 3 nitrogen and oxygen atoms in total. The van der Waals surface area contributed by atoms with Gasteiger partial charge in [-0.1, -0.05) is 64.5 Å². The number of aryl methyl sites for hydroxylation is 1. The first kappa shape index (κ1) is 21.8. The summed E-state index contributed by atoms with van der Waals surface area (Å²) in [6.07, 6.45) is 0. The highest BCUT2D eigenvalue weighted by Crippen LogP contribution is 2.40. The van der Waals surface area contributed by atoms with Crippen LogP contribution in [-0.4, -0.2) is 26.8 Å². The van der Waals surface area contributed by atoms with Crippen molar-refractivity contribution in [1.82, 2.24) is 0 Å². The van der Waals surface area contributed by atoms with Crippen LogP contribution in [0.25, 0.3) is 5.57 Å². The number of rotatable bonds is 5. The molecule has 1 aliphatic rings. The largest absolute Gasteiger partial charge is 0.366 e. The highest BCUT2D eigenvalue weighted by atomic mass is 79.9. The molecule has 0 N–H and O–H groups in total. The van der Waals surface area contributed by atoms with Crippen LogP contribution < -0.4 is 4.90 Å². The number of hydrogen-bond donors (Lipinski definition) is 0. The molecule has 0 aliphatic carbocycles. The van der Waals surface area contributed by atoms with Crippen molar-refractivity contribution in [3.63, 3.8) is 0 Å². The summed E-state index contributed by atoms with van der Waals surface area (Å²) >= 11 is 3.62. The molecule has 4 rings (SSSR count). The Morgan fingerprint density at radius 3 is 2.26 bits per heavy atom. The lowest BCUT2D eigenvalue weighted by Crippen LogP contribution is -2.40. The van der Waals surface area contributed by atoms with Gasteiger partial charge in [-0.15, -0.1) is 0 Å². The molecule has 1 aliphatic heterocycles. The van der Waals surface area contributed by atoms with E-state index in [1.807, 2.05) is 61.5 Å². The number of hydrogen-bond acceptors (Lipinski definition) is 3. The average molecular weight is 500 g/mol. The fourth-order valence-electron chi connectivity index (χ4n) is 4.14. The first-order valence-corrected chi connectivity index (χ1v) is 12.7. The Bertz CT molecular complexity index is 1210. The number of halogens is 2. The predicted molar refractivity (Wildman–Crippen MR) is 128 cm³/mol. The molecule has 1 heterocycles. The minimum Gasteiger partial charge on any atom is -0.366 e.